The molecule has 15 heteroatoms. The third-order valence-electron chi connectivity index (χ3n) is 10.7. The van der Waals surface area contributed by atoms with Crippen molar-refractivity contribution in [3.05, 3.63) is 95.6 Å². The largest absolute Gasteiger partial charge is 0.466 e. The minimum Gasteiger partial charge on any atom is -0.466 e. The summed E-state index contributed by atoms with van der Waals surface area (Å²) < 4.78 is 49.5. The normalized spacial score (nSPS) is 10.8. The summed E-state index contributed by atoms with van der Waals surface area (Å²) in [5.74, 6) is 2.91. The maximum atomic E-state index is 11.8. The van der Waals surface area contributed by atoms with Gasteiger partial charge in [0.1, 0.15) is 6.61 Å². The number of aliphatic imine (C=N–C) groups is 1. The van der Waals surface area contributed by atoms with Gasteiger partial charge in [-0.1, -0.05) is 221 Å². The molecule has 520 valence electrons. The van der Waals surface area contributed by atoms with Gasteiger partial charge in [0, 0.05) is 45.2 Å². The zero-order valence-electron chi connectivity index (χ0n) is 62.0. The molecule has 0 saturated carbocycles. The lowest BCUT2D eigenvalue weighted by Gasteiger charge is -2.12. The lowest BCUT2D eigenvalue weighted by molar-refractivity contribution is -0.385. The molecule has 0 bridgehead atoms. The molecule has 0 aliphatic heterocycles. The summed E-state index contributed by atoms with van der Waals surface area (Å²) >= 11 is 3.97. The fraction of sp³-hybridized carbons (Fsp3) is 0.726. The fourth-order valence-electron chi connectivity index (χ4n) is 4.31. The summed E-state index contributed by atoms with van der Waals surface area (Å²) in [6.07, 6.45) is 6.06. The van der Waals surface area contributed by atoms with Crippen molar-refractivity contribution in [1.29, 1.82) is 0 Å². The van der Waals surface area contributed by atoms with Crippen molar-refractivity contribution in [3.63, 3.8) is 0 Å². The number of allylic oxidation sites excluding steroid dienone is 1. The molecule has 2 aromatic carbocycles. The summed E-state index contributed by atoms with van der Waals surface area (Å²) in [5, 5.41) is 11.4. The van der Waals surface area contributed by atoms with Gasteiger partial charge in [0.2, 0.25) is 5.92 Å². The van der Waals surface area contributed by atoms with Gasteiger partial charge < -0.3 is 14.2 Å². The second-order valence-electron chi connectivity index (χ2n) is 24.7. The Hall–Kier alpha value is -4.11. The maximum absolute atomic E-state index is 11.8. The van der Waals surface area contributed by atoms with E-state index in [9.17, 15) is 37.7 Å². The second kappa shape index (κ2) is 68.8. The molecule has 0 aromatic heterocycles. The van der Waals surface area contributed by atoms with Crippen molar-refractivity contribution in [2.75, 3.05) is 31.3 Å². The molecule has 0 spiro atoms. The van der Waals surface area contributed by atoms with Gasteiger partial charge in [-0.3, -0.25) is 29.5 Å². The van der Waals surface area contributed by atoms with Crippen LogP contribution in [-0.2, 0) is 35.0 Å². The number of thioether (sulfide) groups is 2. The van der Waals surface area contributed by atoms with Crippen LogP contribution in [0.25, 0.3) is 0 Å². The van der Waals surface area contributed by atoms with Crippen molar-refractivity contribution < 1.29 is 46.7 Å². The SMILES string of the molecule is C=CCC(C)C.C=CCOC(=O)C(C)C.CC(C)=NC(C)C.CC(C)C(C)(F)F.CC(C)C(C)F.CC(C)CSc1ccccc1.CC(C)Cc1ccccc1[N+](=O)[O-].CCC(C)C.CCOC(=O)C(C)C.CCOC(=O)C(C)C.CCSC(C)C(C)C. The molecule has 2 atom stereocenters. The highest BCUT2D eigenvalue weighted by atomic mass is 32.2. The van der Waals surface area contributed by atoms with Crippen LogP contribution in [0.5, 0.6) is 0 Å². The smallest absolute Gasteiger partial charge is 0.308 e. The summed E-state index contributed by atoms with van der Waals surface area (Å²) in [6.45, 7) is 68.8. The minimum absolute atomic E-state index is 0.00921. The average molecular weight is 1290 g/mol. The van der Waals surface area contributed by atoms with E-state index in [1.807, 2.05) is 97.1 Å². The number of nitro groups is 1. The molecule has 0 aliphatic carbocycles. The lowest BCUT2D eigenvalue weighted by Crippen LogP contribution is -2.17. The van der Waals surface area contributed by atoms with Gasteiger partial charge in [-0.05, 0) is 122 Å². The maximum Gasteiger partial charge on any atom is 0.308 e. The number of benzene rings is 2. The van der Waals surface area contributed by atoms with Gasteiger partial charge in [-0.2, -0.15) is 11.8 Å². The third kappa shape index (κ3) is 93.0. The molecule has 0 fully saturated rings. The summed E-state index contributed by atoms with van der Waals surface area (Å²) in [5.41, 5.74) is 2.22. The molecule has 88 heavy (non-hydrogen) atoms. The van der Waals surface area contributed by atoms with Crippen molar-refractivity contribution in [3.8, 4) is 0 Å². The van der Waals surface area contributed by atoms with Gasteiger partial charge in [-0.25, -0.2) is 13.2 Å². The molecule has 2 rings (SSSR count). The Balaban J connectivity index is -0.000000113. The van der Waals surface area contributed by atoms with Gasteiger partial charge in [0.25, 0.3) is 5.69 Å². The van der Waals surface area contributed by atoms with Crippen LogP contribution in [0, 0.1) is 69.3 Å². The van der Waals surface area contributed by atoms with Crippen LogP contribution in [0.15, 0.2) is 89.8 Å². The molecule has 0 amide bonds. The van der Waals surface area contributed by atoms with Crippen molar-refractivity contribution in [1.82, 2.24) is 0 Å². The van der Waals surface area contributed by atoms with Crippen LogP contribution in [0.2, 0.25) is 0 Å². The molecule has 0 saturated heterocycles. The molecular weight excluding hydrogens is 1150 g/mol. The van der Waals surface area contributed by atoms with E-state index < -0.39 is 18.0 Å². The molecule has 2 aromatic rings. The Morgan fingerprint density at radius 2 is 1.00 bits per heavy atom. The van der Waals surface area contributed by atoms with E-state index in [4.69, 9.17) is 4.74 Å². The fourth-order valence-corrected chi connectivity index (χ4v) is 6.10. The number of para-hydroxylation sites is 1. The quantitative estimate of drug-likeness (QED) is 0.0213. The van der Waals surface area contributed by atoms with E-state index in [-0.39, 0.29) is 52.2 Å². The third-order valence-corrected chi connectivity index (χ3v) is 13.6. The van der Waals surface area contributed by atoms with Crippen LogP contribution in [-0.4, -0.2) is 83.3 Å². The molecule has 0 N–H and O–H groups in total. The molecular formula is C73H137F3N2O8S2. The van der Waals surface area contributed by atoms with Gasteiger partial charge in [0.05, 0.1) is 42.1 Å². The van der Waals surface area contributed by atoms with Gasteiger partial charge >= 0.3 is 17.9 Å². The number of hydrogen-bond donors (Lipinski definition) is 0. The topological polar surface area (TPSA) is 134 Å². The van der Waals surface area contributed by atoms with Crippen LogP contribution < -0.4 is 0 Å². The summed E-state index contributed by atoms with van der Waals surface area (Å²) in [6, 6.07) is 17.9. The summed E-state index contributed by atoms with van der Waals surface area (Å²) in [7, 11) is 0. The number of nitro benzene ring substituents is 1. The number of ether oxygens (including phenoxy) is 3. The standard InChI is InChI=1S/C10H13NO2.C10H14S.C7H12O2.C7H16S.C6H13N.2C6H12O2.C6H12.C5H10F2.C5H11F.C5H12/c1-8(2)7-9-5-3-4-6-10(9)11(12)13;1-9(2)8-11-10-6-4-3-5-7-10;1-4-5-9-7(8)6(2)3;1-5-8-7(4)6(2)3;1-5(2)7-6(3)4;2*1-4-8-6(7)5(2)3;1-4-5-6(2)3;1-4(2)5(3,6)7;1-4(2)5(3)6;1-4-5(2)3/h3-6,8H,7H2,1-2H3;3-7,9H,8H2,1-2H3;4,6H,1,5H2,2-3H3;6-7H,5H2,1-4H3;5H,1-4H3;2*5H,4H2,1-3H3;4,6H,1,5H2,2-3H3;4H,1-3H3;4-5H,1-3H3;5H,4H2,1-3H3. The molecule has 0 heterocycles. The van der Waals surface area contributed by atoms with E-state index in [2.05, 4.69) is 162 Å². The first kappa shape index (κ1) is 103. The van der Waals surface area contributed by atoms with Gasteiger partial charge in [-0.15, -0.1) is 18.3 Å². The Labute approximate surface area is 550 Å². The first-order valence-corrected chi connectivity index (χ1v) is 34.2. The first-order chi connectivity index (χ1) is 40.4. The number of hydrogen-bond acceptors (Lipinski definition) is 11. The number of halogens is 3. The predicted octanol–water partition coefficient (Wildman–Crippen LogP) is 23.2. The number of alkyl halides is 3. The molecule has 0 radical (unpaired) electrons. The average Bonchev–Trinajstić information content (AvgIpc) is 3.41. The Morgan fingerprint density at radius 3 is 1.20 bits per heavy atom. The predicted molar refractivity (Wildman–Crippen MR) is 385 cm³/mol. The van der Waals surface area contributed by atoms with E-state index in [1.54, 1.807) is 52.8 Å². The van der Waals surface area contributed by atoms with Crippen molar-refractivity contribution >= 4 is 52.8 Å². The molecule has 2 unspecified atom stereocenters. The number of carbonyl (C=O) groups excluding carboxylic acids is 3. The highest BCUT2D eigenvalue weighted by Crippen LogP contribution is 2.23. The zero-order chi connectivity index (χ0) is 71.3. The highest BCUT2D eigenvalue weighted by molar-refractivity contribution is 7.99. The van der Waals surface area contributed by atoms with Crippen LogP contribution in [0.4, 0.5) is 18.9 Å². The van der Waals surface area contributed by atoms with E-state index in [1.165, 1.54) is 36.7 Å². The van der Waals surface area contributed by atoms with Crippen molar-refractivity contribution in [2.45, 2.75) is 262 Å². The van der Waals surface area contributed by atoms with Gasteiger partial charge in [0.15, 0.2) is 0 Å². The van der Waals surface area contributed by atoms with E-state index >= 15 is 0 Å². The highest BCUT2D eigenvalue weighted by Gasteiger charge is 2.25. The zero-order valence-corrected chi connectivity index (χ0v) is 63.7. The Bertz CT molecular complexity index is 1880. The van der Waals surface area contributed by atoms with Crippen LogP contribution in [0.1, 0.15) is 233 Å². The lowest BCUT2D eigenvalue weighted by atomic mass is 10.0. The Morgan fingerprint density at radius 1 is 0.614 bits per heavy atom. The van der Waals surface area contributed by atoms with Crippen LogP contribution in [0.3, 0.4) is 0 Å². The molecule has 0 aliphatic rings. The summed E-state index contributed by atoms with van der Waals surface area (Å²) in [4.78, 5) is 47.5. The Kier molecular flexibility index (Phi) is 80.3. The number of rotatable bonds is 22. The first-order valence-electron chi connectivity index (χ1n) is 32.1. The number of nitrogens with zero attached hydrogens (tertiary/aromatic N) is 2. The van der Waals surface area contributed by atoms with E-state index in [0.29, 0.717) is 31.8 Å². The van der Waals surface area contributed by atoms with Crippen molar-refractivity contribution in [2.24, 2.45) is 64.2 Å². The number of esters is 3. The minimum atomic E-state index is -2.50. The molecule has 10 nitrogen and oxygen atoms in total. The second-order valence-corrected chi connectivity index (χ2v) is 27.5. The monoisotopic (exact) mass is 1290 g/mol. The van der Waals surface area contributed by atoms with Crippen LogP contribution >= 0.6 is 23.5 Å². The number of carbonyl (C=O) groups is 3. The van der Waals surface area contributed by atoms with E-state index in [0.717, 1.165) is 60.0 Å².